The van der Waals surface area contributed by atoms with E-state index in [1.54, 1.807) is 6.20 Å². The van der Waals surface area contributed by atoms with Gasteiger partial charge >= 0.3 is 5.97 Å². The molecule has 9 nitrogen and oxygen atoms in total. The Labute approximate surface area is 241 Å². The lowest BCUT2D eigenvalue weighted by Gasteiger charge is -2.30. The summed E-state index contributed by atoms with van der Waals surface area (Å²) < 4.78 is 5.43. The summed E-state index contributed by atoms with van der Waals surface area (Å²) in [5.41, 5.74) is 2.58. The van der Waals surface area contributed by atoms with Crippen molar-refractivity contribution in [3.8, 4) is 0 Å². The number of amidine groups is 1. The number of carbonyl (C=O) groups is 1. The molecule has 0 unspecified atom stereocenters. The monoisotopic (exact) mass is 553 g/mol. The van der Waals surface area contributed by atoms with Gasteiger partial charge in [-0.25, -0.2) is 4.98 Å². The third-order valence-corrected chi connectivity index (χ3v) is 7.38. The summed E-state index contributed by atoms with van der Waals surface area (Å²) in [6.45, 7) is 14.6. The Bertz CT molecular complexity index is 1000. The van der Waals surface area contributed by atoms with Gasteiger partial charge in [0.05, 0.1) is 26.2 Å². The number of aromatic amines is 1. The molecule has 0 amide bonds. The fourth-order valence-corrected chi connectivity index (χ4v) is 5.35. The Morgan fingerprint density at radius 1 is 1.02 bits per heavy atom. The standard InChI is InChI=1S/C31H51N7O2/c1-6-18-38(19-7-2)28(31(39)40-8-3)10-9-20-35(4)22-26-11-13-27(14-12-26)23-37(24-29-32-15-16-33-29)25-30-34-17-21-36(30)5/h11-16,28H,6-10,17-25H2,1-5H3,(H,32,33)/t28-/m0/s1. The number of nitrogens with zero attached hydrogens (tertiary/aromatic N) is 6. The fourth-order valence-electron chi connectivity index (χ4n) is 5.35. The molecular formula is C31H51N7O2. The predicted octanol–water partition coefficient (Wildman–Crippen LogP) is 4.02. The molecule has 1 N–H and O–H groups in total. The van der Waals surface area contributed by atoms with Gasteiger partial charge < -0.3 is 19.5 Å². The van der Waals surface area contributed by atoms with Gasteiger partial charge in [-0.05, 0) is 70.4 Å². The largest absolute Gasteiger partial charge is 0.465 e. The highest BCUT2D eigenvalue weighted by atomic mass is 16.5. The smallest absolute Gasteiger partial charge is 0.323 e. The van der Waals surface area contributed by atoms with Crippen molar-refractivity contribution in [3.05, 3.63) is 53.6 Å². The van der Waals surface area contributed by atoms with E-state index in [1.165, 1.54) is 11.1 Å². The van der Waals surface area contributed by atoms with Gasteiger partial charge in [0.15, 0.2) is 0 Å². The molecule has 0 bridgehead atoms. The van der Waals surface area contributed by atoms with Crippen LogP contribution in [0.5, 0.6) is 0 Å². The lowest BCUT2D eigenvalue weighted by atomic mass is 10.1. The van der Waals surface area contributed by atoms with Crippen LogP contribution in [0.15, 0.2) is 41.7 Å². The summed E-state index contributed by atoms with van der Waals surface area (Å²) in [4.78, 5) is 34.4. The summed E-state index contributed by atoms with van der Waals surface area (Å²) in [5.74, 6) is 2.04. The van der Waals surface area contributed by atoms with Crippen LogP contribution in [0.4, 0.5) is 0 Å². The third-order valence-electron chi connectivity index (χ3n) is 7.38. The Morgan fingerprint density at radius 3 is 2.30 bits per heavy atom. The average Bonchev–Trinajstić information content (AvgIpc) is 3.59. The molecule has 222 valence electrons. The van der Waals surface area contributed by atoms with Crippen molar-refractivity contribution in [2.45, 2.75) is 72.1 Å². The van der Waals surface area contributed by atoms with E-state index >= 15 is 0 Å². The molecular weight excluding hydrogens is 502 g/mol. The molecule has 40 heavy (non-hydrogen) atoms. The highest BCUT2D eigenvalue weighted by Crippen LogP contribution is 2.15. The van der Waals surface area contributed by atoms with Gasteiger partial charge in [-0.3, -0.25) is 19.6 Å². The molecule has 9 heteroatoms. The van der Waals surface area contributed by atoms with Crippen molar-refractivity contribution in [1.29, 1.82) is 0 Å². The number of esters is 1. The molecule has 3 rings (SSSR count). The van der Waals surface area contributed by atoms with E-state index in [0.717, 1.165) is 96.2 Å². The molecule has 2 heterocycles. The second-order valence-electron chi connectivity index (χ2n) is 10.9. The van der Waals surface area contributed by atoms with Crippen LogP contribution in [-0.2, 0) is 29.2 Å². The maximum absolute atomic E-state index is 12.7. The maximum Gasteiger partial charge on any atom is 0.323 e. The van der Waals surface area contributed by atoms with Crippen molar-refractivity contribution in [2.75, 3.05) is 60.0 Å². The maximum atomic E-state index is 12.7. The van der Waals surface area contributed by atoms with Gasteiger partial charge in [0.2, 0.25) is 0 Å². The van der Waals surface area contributed by atoms with Gasteiger partial charge in [-0.1, -0.05) is 38.1 Å². The molecule has 0 saturated carbocycles. The first-order valence-electron chi connectivity index (χ1n) is 15.1. The molecule has 0 spiro atoms. The van der Waals surface area contributed by atoms with E-state index in [2.05, 4.69) is 81.8 Å². The molecule has 1 aromatic heterocycles. The first-order chi connectivity index (χ1) is 19.4. The Balaban J connectivity index is 1.52. The summed E-state index contributed by atoms with van der Waals surface area (Å²) in [6, 6.07) is 8.81. The minimum absolute atomic E-state index is 0.0737. The Kier molecular flexibility index (Phi) is 13.6. The minimum atomic E-state index is -0.147. The van der Waals surface area contributed by atoms with Gasteiger partial charge in [-0.2, -0.15) is 0 Å². The summed E-state index contributed by atoms with van der Waals surface area (Å²) in [5, 5.41) is 0. The van der Waals surface area contributed by atoms with Crippen LogP contribution < -0.4 is 0 Å². The Hall–Kier alpha value is -2.75. The second kappa shape index (κ2) is 17.1. The predicted molar refractivity (Wildman–Crippen MR) is 162 cm³/mol. The second-order valence-corrected chi connectivity index (χ2v) is 10.9. The summed E-state index contributed by atoms with van der Waals surface area (Å²) in [6.07, 6.45) is 7.55. The zero-order valence-electron chi connectivity index (χ0n) is 25.4. The van der Waals surface area contributed by atoms with Gasteiger partial charge in [0.1, 0.15) is 17.7 Å². The number of ether oxygens (including phenoxy) is 1. The summed E-state index contributed by atoms with van der Waals surface area (Å²) in [7, 11) is 4.28. The van der Waals surface area contributed by atoms with E-state index in [-0.39, 0.29) is 12.0 Å². The lowest BCUT2D eigenvalue weighted by Crippen LogP contribution is -2.43. The molecule has 1 atom stereocenters. The van der Waals surface area contributed by atoms with E-state index < -0.39 is 0 Å². The van der Waals surface area contributed by atoms with Crippen LogP contribution in [0, 0.1) is 0 Å². The zero-order chi connectivity index (χ0) is 28.7. The normalized spacial score (nSPS) is 14.4. The first-order valence-corrected chi connectivity index (χ1v) is 15.1. The van der Waals surface area contributed by atoms with Crippen molar-refractivity contribution >= 4 is 11.8 Å². The van der Waals surface area contributed by atoms with Crippen LogP contribution in [0.2, 0.25) is 0 Å². The van der Waals surface area contributed by atoms with Crippen molar-refractivity contribution in [3.63, 3.8) is 0 Å². The van der Waals surface area contributed by atoms with Gasteiger partial charge in [0.25, 0.3) is 0 Å². The average molecular weight is 554 g/mol. The number of carbonyl (C=O) groups excluding carboxylic acids is 1. The molecule has 1 aromatic carbocycles. The molecule has 0 aliphatic carbocycles. The summed E-state index contributed by atoms with van der Waals surface area (Å²) >= 11 is 0. The number of nitrogens with one attached hydrogen (secondary N) is 1. The van der Waals surface area contributed by atoms with Gasteiger partial charge in [-0.15, -0.1) is 0 Å². The number of benzene rings is 1. The lowest BCUT2D eigenvalue weighted by molar-refractivity contribution is -0.150. The van der Waals surface area contributed by atoms with Crippen LogP contribution in [0.1, 0.15) is 63.4 Å². The van der Waals surface area contributed by atoms with Gasteiger partial charge in [0, 0.05) is 39.1 Å². The number of imidazole rings is 1. The van der Waals surface area contributed by atoms with E-state index in [4.69, 9.17) is 9.73 Å². The van der Waals surface area contributed by atoms with Crippen LogP contribution in [0.3, 0.4) is 0 Å². The molecule has 0 radical (unpaired) electrons. The molecule has 1 aliphatic heterocycles. The number of H-pyrrole nitrogens is 1. The van der Waals surface area contributed by atoms with Crippen LogP contribution in [0.25, 0.3) is 0 Å². The molecule has 0 fully saturated rings. The zero-order valence-corrected chi connectivity index (χ0v) is 25.4. The number of rotatable bonds is 19. The Morgan fingerprint density at radius 2 is 1.73 bits per heavy atom. The highest BCUT2D eigenvalue weighted by molar-refractivity contribution is 5.85. The van der Waals surface area contributed by atoms with E-state index in [9.17, 15) is 4.79 Å². The molecule has 2 aromatic rings. The SMILES string of the molecule is CCCN(CCC)[C@@H](CCCN(C)Cc1ccc(CN(CC2=NCCN2C)Cc2ncc[nH]2)cc1)C(=O)OCC. The van der Waals surface area contributed by atoms with E-state index in [0.29, 0.717) is 6.61 Å². The number of hydrogen-bond donors (Lipinski definition) is 1. The first kappa shape index (κ1) is 31.8. The fraction of sp³-hybridized carbons (Fsp3) is 0.645. The minimum Gasteiger partial charge on any atom is -0.465 e. The van der Waals surface area contributed by atoms with Crippen molar-refractivity contribution < 1.29 is 9.53 Å². The van der Waals surface area contributed by atoms with Crippen molar-refractivity contribution in [2.24, 2.45) is 4.99 Å². The van der Waals surface area contributed by atoms with Crippen LogP contribution in [-0.4, -0.2) is 107 Å². The number of aromatic nitrogens is 2. The number of likely N-dealkylation sites (N-methyl/N-ethyl adjacent to an activating group) is 1. The quantitative estimate of drug-likeness (QED) is 0.263. The third kappa shape index (κ3) is 10.3. The highest BCUT2D eigenvalue weighted by Gasteiger charge is 2.26. The number of aliphatic imine (C=N–C) groups is 1. The van der Waals surface area contributed by atoms with E-state index in [1.807, 2.05) is 13.1 Å². The molecule has 1 aliphatic rings. The van der Waals surface area contributed by atoms with Crippen LogP contribution >= 0.6 is 0 Å². The van der Waals surface area contributed by atoms with Crippen molar-refractivity contribution in [1.82, 2.24) is 29.6 Å². The topological polar surface area (TPSA) is 80.3 Å². The number of hydrogen-bond acceptors (Lipinski definition) is 8. The molecule has 0 saturated heterocycles.